The minimum absolute atomic E-state index is 0.558. The van der Waals surface area contributed by atoms with Gasteiger partial charge in [0.15, 0.2) is 11.6 Å². The van der Waals surface area contributed by atoms with E-state index in [-0.39, 0.29) is 0 Å². The number of aromatic nitrogens is 4. The Morgan fingerprint density at radius 3 is 1.35 bits per heavy atom. The van der Waals surface area contributed by atoms with E-state index in [0.717, 1.165) is 54.9 Å². The minimum atomic E-state index is 0.558. The van der Waals surface area contributed by atoms with Gasteiger partial charge in [0.1, 0.15) is 11.2 Å². The predicted octanol–water partition coefficient (Wildman–Crippen LogP) is 15.1. The lowest BCUT2D eigenvalue weighted by molar-refractivity contribution is 0.669. The molecule has 0 unspecified atom stereocenters. The summed E-state index contributed by atoms with van der Waals surface area (Å²) in [6.07, 6.45) is 0. The average Bonchev–Trinajstić information content (AvgIpc) is 3.88. The third-order valence-corrected chi connectivity index (χ3v) is 13.0. The van der Waals surface area contributed by atoms with E-state index in [9.17, 15) is 0 Å². The molecule has 5 nitrogen and oxygen atoms in total. The van der Waals surface area contributed by atoms with Gasteiger partial charge in [0.25, 0.3) is 0 Å². The van der Waals surface area contributed by atoms with Crippen molar-refractivity contribution < 1.29 is 4.42 Å². The van der Waals surface area contributed by atoms with Crippen LogP contribution in [0.3, 0.4) is 0 Å². The van der Waals surface area contributed by atoms with Crippen LogP contribution in [0, 0.1) is 0 Å². The number of fused-ring (bicyclic) bond motifs is 17. The minimum Gasteiger partial charge on any atom is -0.456 e. The van der Waals surface area contributed by atoms with Gasteiger partial charge in [-0.05, 0) is 113 Å². The highest BCUT2D eigenvalue weighted by Gasteiger charge is 2.22. The molecule has 11 aromatic carbocycles. The Balaban J connectivity index is 1.08. The largest absolute Gasteiger partial charge is 0.456 e. The second kappa shape index (κ2) is 12.6. The quantitative estimate of drug-likeness (QED) is 0.167. The number of nitrogens with zero attached hydrogens (tertiary/aromatic N) is 4. The number of hydrogen-bond acceptors (Lipinski definition) is 4. The van der Waals surface area contributed by atoms with Crippen LogP contribution in [0.25, 0.3) is 137 Å². The maximum atomic E-state index is 6.44. The SMILES string of the molecule is c1ccc2cc3c(cc2c1)oc1ccc(-c2nc(-c4ccc5c6ccccc6c6ccccc6c5c4)nc(-n4c5ccc6ccccc6c5c5c6ccccc6ccc54)n2)cc13. The molecule has 0 aliphatic rings. The molecule has 5 heteroatoms. The lowest BCUT2D eigenvalue weighted by Crippen LogP contribution is -2.06. The molecule has 14 rings (SSSR count). The molecule has 0 aliphatic carbocycles. The van der Waals surface area contributed by atoms with Gasteiger partial charge in [-0.3, -0.25) is 4.57 Å². The van der Waals surface area contributed by atoms with E-state index >= 15 is 0 Å². The predicted molar refractivity (Wildman–Crippen MR) is 257 cm³/mol. The lowest BCUT2D eigenvalue weighted by Gasteiger charge is -2.13. The fourth-order valence-electron chi connectivity index (χ4n) is 10.1. The Hall–Kier alpha value is -8.41. The Morgan fingerprint density at radius 2 is 0.758 bits per heavy atom. The van der Waals surface area contributed by atoms with Crippen LogP contribution < -0.4 is 0 Å². The van der Waals surface area contributed by atoms with Crippen molar-refractivity contribution in [2.24, 2.45) is 0 Å². The number of rotatable bonds is 3. The molecule has 14 aromatic rings. The highest BCUT2D eigenvalue weighted by Crippen LogP contribution is 2.42. The lowest BCUT2D eigenvalue weighted by atomic mass is 9.93. The van der Waals surface area contributed by atoms with Gasteiger partial charge in [0, 0.05) is 32.7 Å². The van der Waals surface area contributed by atoms with E-state index < -0.39 is 0 Å². The van der Waals surface area contributed by atoms with Crippen LogP contribution in [-0.4, -0.2) is 19.5 Å². The first-order valence-corrected chi connectivity index (χ1v) is 21.0. The summed E-state index contributed by atoms with van der Waals surface area (Å²) < 4.78 is 8.68. The maximum absolute atomic E-state index is 6.44. The zero-order valence-corrected chi connectivity index (χ0v) is 33.2. The molecule has 3 heterocycles. The van der Waals surface area contributed by atoms with Gasteiger partial charge >= 0.3 is 0 Å². The van der Waals surface area contributed by atoms with Crippen molar-refractivity contribution in [1.82, 2.24) is 19.5 Å². The van der Waals surface area contributed by atoms with Gasteiger partial charge in [0.2, 0.25) is 5.95 Å². The van der Waals surface area contributed by atoms with Crippen molar-refractivity contribution in [2.75, 3.05) is 0 Å². The van der Waals surface area contributed by atoms with Crippen LogP contribution in [0.4, 0.5) is 0 Å². The molecule has 0 bridgehead atoms. The highest BCUT2D eigenvalue weighted by molar-refractivity contribution is 6.29. The van der Waals surface area contributed by atoms with Gasteiger partial charge in [-0.1, -0.05) is 146 Å². The first-order chi connectivity index (χ1) is 30.7. The monoisotopic (exact) mass is 788 g/mol. The molecular weight excluding hydrogens is 757 g/mol. The normalized spacial score (nSPS) is 12.2. The molecule has 0 aliphatic heterocycles. The number of furan rings is 1. The van der Waals surface area contributed by atoms with Crippen molar-refractivity contribution in [2.45, 2.75) is 0 Å². The van der Waals surface area contributed by atoms with Crippen molar-refractivity contribution in [3.05, 3.63) is 194 Å². The summed E-state index contributed by atoms with van der Waals surface area (Å²) in [5.41, 5.74) is 5.56. The molecule has 0 atom stereocenters. The first kappa shape index (κ1) is 33.4. The molecule has 62 heavy (non-hydrogen) atoms. The van der Waals surface area contributed by atoms with Crippen molar-refractivity contribution >= 4 is 108 Å². The van der Waals surface area contributed by atoms with Gasteiger partial charge in [-0.15, -0.1) is 0 Å². The second-order valence-corrected chi connectivity index (χ2v) is 16.3. The molecular formula is C57H32N4O. The fourth-order valence-corrected chi connectivity index (χ4v) is 10.1. The maximum Gasteiger partial charge on any atom is 0.238 e. The molecule has 286 valence electrons. The van der Waals surface area contributed by atoms with Crippen LogP contribution in [0.15, 0.2) is 199 Å². The Morgan fingerprint density at radius 1 is 0.306 bits per heavy atom. The molecule has 0 spiro atoms. The number of hydrogen-bond donors (Lipinski definition) is 0. The zero-order chi connectivity index (χ0) is 40.5. The number of benzene rings is 11. The summed E-state index contributed by atoms with van der Waals surface area (Å²) in [5, 5.41) is 18.8. The molecule has 0 saturated heterocycles. The standard InChI is InChI=1S/C57H32N4O/c1-2-14-36-32-52-48(29-35(36)13-1)47-31-38(24-28-51(47)62-52)56-58-55(37-21-25-45-43-19-8-7-17-41(43)42-18-9-10-20-44(42)46(45)30-37)59-57(60-56)61-49-26-22-33-11-3-5-15-39(33)53(49)54-40-16-6-4-12-34(40)23-27-50(54)61/h1-32H. The topological polar surface area (TPSA) is 56.7 Å². The van der Waals surface area contributed by atoms with Crippen LogP contribution in [-0.2, 0) is 0 Å². The molecule has 0 radical (unpaired) electrons. The first-order valence-electron chi connectivity index (χ1n) is 21.0. The van der Waals surface area contributed by atoms with Crippen LogP contribution in [0.1, 0.15) is 0 Å². The average molecular weight is 789 g/mol. The van der Waals surface area contributed by atoms with Gasteiger partial charge in [-0.25, -0.2) is 4.98 Å². The smallest absolute Gasteiger partial charge is 0.238 e. The third-order valence-electron chi connectivity index (χ3n) is 13.0. The third kappa shape index (κ3) is 4.76. The molecule has 0 amide bonds. The Bertz CT molecular complexity index is 4110. The van der Waals surface area contributed by atoms with E-state index in [4.69, 9.17) is 19.4 Å². The van der Waals surface area contributed by atoms with E-state index in [2.05, 4.69) is 193 Å². The molecule has 0 saturated carbocycles. The summed E-state index contributed by atoms with van der Waals surface area (Å²) in [5.74, 6) is 1.74. The second-order valence-electron chi connectivity index (χ2n) is 16.3. The molecule has 3 aromatic heterocycles. The fraction of sp³-hybridized carbons (Fsp3) is 0. The summed E-state index contributed by atoms with van der Waals surface area (Å²) in [7, 11) is 0. The zero-order valence-electron chi connectivity index (χ0n) is 33.2. The Labute approximate surface area is 353 Å². The van der Waals surface area contributed by atoms with E-state index in [1.807, 2.05) is 6.07 Å². The van der Waals surface area contributed by atoms with Crippen LogP contribution in [0.5, 0.6) is 0 Å². The van der Waals surface area contributed by atoms with Crippen molar-refractivity contribution in [1.29, 1.82) is 0 Å². The van der Waals surface area contributed by atoms with E-state index in [1.54, 1.807) is 0 Å². The molecule has 0 fully saturated rings. The summed E-state index contributed by atoms with van der Waals surface area (Å²) in [6, 6.07) is 69.2. The Kier molecular flexibility index (Phi) is 6.77. The van der Waals surface area contributed by atoms with Crippen molar-refractivity contribution in [3.8, 4) is 28.7 Å². The molecule has 0 N–H and O–H groups in total. The van der Waals surface area contributed by atoms with Crippen LogP contribution >= 0.6 is 0 Å². The summed E-state index contributed by atoms with van der Waals surface area (Å²) in [4.78, 5) is 16.2. The van der Waals surface area contributed by atoms with E-state index in [0.29, 0.717) is 17.6 Å². The van der Waals surface area contributed by atoms with Gasteiger partial charge in [-0.2, -0.15) is 9.97 Å². The van der Waals surface area contributed by atoms with Gasteiger partial charge < -0.3 is 4.42 Å². The van der Waals surface area contributed by atoms with Gasteiger partial charge in [0.05, 0.1) is 11.0 Å². The summed E-state index contributed by atoms with van der Waals surface area (Å²) in [6.45, 7) is 0. The van der Waals surface area contributed by atoms with E-state index in [1.165, 1.54) is 64.6 Å². The highest BCUT2D eigenvalue weighted by atomic mass is 16.3. The van der Waals surface area contributed by atoms with Crippen molar-refractivity contribution in [3.63, 3.8) is 0 Å². The van der Waals surface area contributed by atoms with Crippen LogP contribution in [0.2, 0.25) is 0 Å². The summed E-state index contributed by atoms with van der Waals surface area (Å²) >= 11 is 0.